The molecule has 0 fully saturated rings. The van der Waals surface area contributed by atoms with Crippen molar-refractivity contribution in [3.8, 4) is 11.3 Å². The summed E-state index contributed by atoms with van der Waals surface area (Å²) in [6.45, 7) is 0. The first-order valence-electron chi connectivity index (χ1n) is 5.00. The van der Waals surface area contributed by atoms with Crippen LogP contribution >= 0.6 is 11.6 Å². The SMILES string of the molecule is Nc1ccc(F)c(-c2ncc(C=O)c(Cl)c2F)c1F. The Labute approximate surface area is 110 Å². The maximum Gasteiger partial charge on any atom is 0.168 e. The second-order valence-corrected chi connectivity index (χ2v) is 4.01. The number of rotatable bonds is 2. The van der Waals surface area contributed by atoms with Gasteiger partial charge >= 0.3 is 0 Å². The molecule has 0 bridgehead atoms. The highest BCUT2D eigenvalue weighted by atomic mass is 35.5. The number of nitrogen functional groups attached to an aromatic ring is 1. The minimum atomic E-state index is -1.19. The molecule has 1 aromatic heterocycles. The quantitative estimate of drug-likeness (QED) is 0.681. The predicted octanol–water partition coefficient (Wildman–Crippen LogP) is 3.21. The van der Waals surface area contributed by atoms with E-state index in [0.29, 0.717) is 0 Å². The van der Waals surface area contributed by atoms with Crippen LogP contribution in [-0.2, 0) is 0 Å². The first-order valence-corrected chi connectivity index (χ1v) is 5.38. The van der Waals surface area contributed by atoms with E-state index in [2.05, 4.69) is 4.98 Å². The Bertz CT molecular complexity index is 677. The lowest BCUT2D eigenvalue weighted by atomic mass is 10.1. The third-order valence-electron chi connectivity index (χ3n) is 2.47. The standard InChI is InChI=1S/C12H6ClF3N2O/c13-9-5(4-19)3-18-12(11(9)16)8-6(14)1-2-7(17)10(8)15/h1-4H,17H2. The molecule has 98 valence electrons. The van der Waals surface area contributed by atoms with Crippen molar-refractivity contribution in [2.24, 2.45) is 0 Å². The van der Waals surface area contributed by atoms with Crippen molar-refractivity contribution in [1.29, 1.82) is 0 Å². The normalized spacial score (nSPS) is 10.5. The molecule has 1 aromatic carbocycles. The summed E-state index contributed by atoms with van der Waals surface area (Å²) in [5.74, 6) is -3.36. The van der Waals surface area contributed by atoms with E-state index in [0.717, 1.165) is 18.3 Å². The number of aldehydes is 1. The van der Waals surface area contributed by atoms with Crippen molar-refractivity contribution in [3.05, 3.63) is 46.4 Å². The molecule has 3 nitrogen and oxygen atoms in total. The van der Waals surface area contributed by atoms with Gasteiger partial charge in [0.15, 0.2) is 17.9 Å². The Kier molecular flexibility index (Phi) is 3.44. The number of benzene rings is 1. The molecule has 0 aliphatic carbocycles. The number of halogens is 4. The van der Waals surface area contributed by atoms with Gasteiger partial charge in [-0.1, -0.05) is 11.6 Å². The van der Waals surface area contributed by atoms with Gasteiger partial charge < -0.3 is 5.73 Å². The summed E-state index contributed by atoms with van der Waals surface area (Å²) in [4.78, 5) is 14.1. The van der Waals surface area contributed by atoms with Crippen LogP contribution < -0.4 is 5.73 Å². The van der Waals surface area contributed by atoms with E-state index in [-0.39, 0.29) is 17.5 Å². The number of nitrogens with zero attached hydrogens (tertiary/aromatic N) is 1. The van der Waals surface area contributed by atoms with Gasteiger partial charge in [0, 0.05) is 6.20 Å². The van der Waals surface area contributed by atoms with Crippen LogP contribution in [0, 0.1) is 17.5 Å². The molecule has 7 heteroatoms. The number of carbonyl (C=O) groups excluding carboxylic acids is 1. The average Bonchev–Trinajstić information content (AvgIpc) is 2.39. The predicted molar refractivity (Wildman–Crippen MR) is 64.4 cm³/mol. The molecule has 0 radical (unpaired) electrons. The topological polar surface area (TPSA) is 56.0 Å². The molecule has 1 heterocycles. The van der Waals surface area contributed by atoms with Crippen molar-refractivity contribution >= 4 is 23.6 Å². The molecule has 0 saturated carbocycles. The highest BCUT2D eigenvalue weighted by Crippen LogP contribution is 2.32. The Morgan fingerprint density at radius 1 is 1.21 bits per heavy atom. The Morgan fingerprint density at radius 3 is 2.53 bits per heavy atom. The molecule has 0 aliphatic heterocycles. The lowest BCUT2D eigenvalue weighted by molar-refractivity contribution is 0.112. The van der Waals surface area contributed by atoms with Gasteiger partial charge in [-0.25, -0.2) is 13.2 Å². The number of aromatic nitrogens is 1. The van der Waals surface area contributed by atoms with E-state index in [1.54, 1.807) is 0 Å². The van der Waals surface area contributed by atoms with Crippen LogP contribution in [-0.4, -0.2) is 11.3 Å². The van der Waals surface area contributed by atoms with Crippen molar-refractivity contribution in [1.82, 2.24) is 4.98 Å². The van der Waals surface area contributed by atoms with Gasteiger partial charge in [0.05, 0.1) is 21.8 Å². The Morgan fingerprint density at radius 2 is 1.89 bits per heavy atom. The molecule has 0 atom stereocenters. The van der Waals surface area contributed by atoms with Crippen LogP contribution in [0.3, 0.4) is 0 Å². The van der Waals surface area contributed by atoms with Crippen molar-refractivity contribution in [2.75, 3.05) is 5.73 Å². The van der Waals surface area contributed by atoms with Gasteiger partial charge in [-0.15, -0.1) is 0 Å². The van der Waals surface area contributed by atoms with Crippen molar-refractivity contribution in [2.45, 2.75) is 0 Å². The zero-order valence-corrected chi connectivity index (χ0v) is 10.0. The van der Waals surface area contributed by atoms with Crippen LogP contribution in [0.1, 0.15) is 10.4 Å². The maximum atomic E-state index is 13.9. The third-order valence-corrected chi connectivity index (χ3v) is 2.86. The summed E-state index contributed by atoms with van der Waals surface area (Å²) < 4.78 is 41.3. The second kappa shape index (κ2) is 4.89. The lowest BCUT2D eigenvalue weighted by Gasteiger charge is -2.09. The van der Waals surface area contributed by atoms with Crippen LogP contribution in [0.4, 0.5) is 18.9 Å². The minimum Gasteiger partial charge on any atom is -0.396 e. The summed E-state index contributed by atoms with van der Waals surface area (Å²) in [5, 5.41) is -0.554. The average molecular weight is 287 g/mol. The number of hydrogen-bond acceptors (Lipinski definition) is 3. The fraction of sp³-hybridized carbons (Fsp3) is 0. The summed E-state index contributed by atoms with van der Waals surface area (Å²) >= 11 is 5.57. The molecule has 2 N–H and O–H groups in total. The van der Waals surface area contributed by atoms with Crippen LogP contribution in [0.15, 0.2) is 18.3 Å². The monoisotopic (exact) mass is 286 g/mol. The molecule has 19 heavy (non-hydrogen) atoms. The Balaban J connectivity index is 2.77. The third kappa shape index (κ3) is 2.15. The van der Waals surface area contributed by atoms with Crippen LogP contribution in [0.5, 0.6) is 0 Å². The summed E-state index contributed by atoms with van der Waals surface area (Å²) in [7, 11) is 0. The zero-order valence-electron chi connectivity index (χ0n) is 9.25. The maximum absolute atomic E-state index is 13.9. The van der Waals surface area contributed by atoms with Crippen molar-refractivity contribution in [3.63, 3.8) is 0 Å². The van der Waals surface area contributed by atoms with Gasteiger partial charge in [0.25, 0.3) is 0 Å². The zero-order chi connectivity index (χ0) is 14.2. The van der Waals surface area contributed by atoms with Gasteiger partial charge in [-0.05, 0) is 12.1 Å². The number of pyridine rings is 1. The summed E-state index contributed by atoms with van der Waals surface area (Å²) in [6, 6.07) is 1.89. The first kappa shape index (κ1) is 13.4. The van der Waals surface area contributed by atoms with E-state index in [1.165, 1.54) is 0 Å². The molecular weight excluding hydrogens is 281 g/mol. The van der Waals surface area contributed by atoms with Crippen LogP contribution in [0.25, 0.3) is 11.3 Å². The van der Waals surface area contributed by atoms with E-state index in [9.17, 15) is 18.0 Å². The molecule has 0 spiro atoms. The minimum absolute atomic E-state index is 0.215. The number of anilines is 1. The number of hydrogen-bond donors (Lipinski definition) is 1. The molecule has 0 aliphatic rings. The number of carbonyl (C=O) groups is 1. The highest BCUT2D eigenvalue weighted by Gasteiger charge is 2.22. The van der Waals surface area contributed by atoms with E-state index in [1.807, 2.05) is 0 Å². The highest BCUT2D eigenvalue weighted by molar-refractivity contribution is 6.33. The fourth-order valence-corrected chi connectivity index (χ4v) is 1.70. The summed E-state index contributed by atoms with van der Waals surface area (Å²) in [5.41, 5.74) is 3.36. The molecule has 2 aromatic rings. The van der Waals surface area contributed by atoms with Crippen molar-refractivity contribution < 1.29 is 18.0 Å². The molecular formula is C12H6ClF3N2O. The van der Waals surface area contributed by atoms with Gasteiger partial charge in [-0.2, -0.15) is 0 Å². The molecule has 2 rings (SSSR count). The smallest absolute Gasteiger partial charge is 0.168 e. The van der Waals surface area contributed by atoms with E-state index < -0.39 is 33.7 Å². The molecule has 0 saturated heterocycles. The van der Waals surface area contributed by atoms with Gasteiger partial charge in [0.1, 0.15) is 11.5 Å². The summed E-state index contributed by atoms with van der Waals surface area (Å²) in [6.07, 6.45) is 1.21. The fourth-order valence-electron chi connectivity index (χ4n) is 1.52. The largest absolute Gasteiger partial charge is 0.396 e. The van der Waals surface area contributed by atoms with E-state index in [4.69, 9.17) is 17.3 Å². The Hall–Kier alpha value is -2.08. The van der Waals surface area contributed by atoms with Gasteiger partial charge in [-0.3, -0.25) is 9.78 Å². The number of nitrogens with two attached hydrogens (primary N) is 1. The van der Waals surface area contributed by atoms with Crippen LogP contribution in [0.2, 0.25) is 5.02 Å². The molecule has 0 amide bonds. The molecule has 0 unspecified atom stereocenters. The first-order chi connectivity index (χ1) is 8.97. The van der Waals surface area contributed by atoms with Gasteiger partial charge in [0.2, 0.25) is 0 Å². The van der Waals surface area contributed by atoms with E-state index >= 15 is 0 Å². The second-order valence-electron chi connectivity index (χ2n) is 3.63. The lowest BCUT2D eigenvalue weighted by Crippen LogP contribution is -2.02.